The Hall–Kier alpha value is -2.52. The Morgan fingerprint density at radius 1 is 1.33 bits per heavy atom. The van der Waals surface area contributed by atoms with Gasteiger partial charge in [0.1, 0.15) is 4.83 Å². The SMILES string of the molecule is CCn1c(SC(C)C(=O)Nc2ccc(OC)c(OC)c2)nc2sc3c(c2c1=O)CCC(C)C3. The van der Waals surface area contributed by atoms with Gasteiger partial charge in [-0.25, -0.2) is 4.98 Å². The van der Waals surface area contributed by atoms with Crippen molar-refractivity contribution in [1.29, 1.82) is 0 Å². The molecule has 1 aromatic carbocycles. The third-order valence-electron chi connectivity index (χ3n) is 6.00. The summed E-state index contributed by atoms with van der Waals surface area (Å²) in [6.45, 7) is 6.52. The molecule has 1 aliphatic carbocycles. The maximum Gasteiger partial charge on any atom is 0.263 e. The van der Waals surface area contributed by atoms with Crippen molar-refractivity contribution in [2.24, 2.45) is 5.92 Å². The molecule has 0 radical (unpaired) electrons. The molecule has 0 bridgehead atoms. The van der Waals surface area contributed by atoms with Crippen molar-refractivity contribution in [3.63, 3.8) is 0 Å². The molecule has 0 fully saturated rings. The number of amides is 1. The molecule has 176 valence electrons. The lowest BCUT2D eigenvalue weighted by Crippen LogP contribution is -2.27. The normalized spacial score (nSPS) is 16.3. The molecule has 1 aliphatic rings. The van der Waals surface area contributed by atoms with Crippen molar-refractivity contribution >= 4 is 44.9 Å². The van der Waals surface area contributed by atoms with Crippen LogP contribution in [-0.2, 0) is 24.2 Å². The number of rotatable bonds is 7. The number of benzene rings is 1. The van der Waals surface area contributed by atoms with Gasteiger partial charge in [0.15, 0.2) is 16.7 Å². The molecular weight excluding hydrogens is 458 g/mol. The predicted octanol–water partition coefficient (Wildman–Crippen LogP) is 4.74. The van der Waals surface area contributed by atoms with Gasteiger partial charge in [-0.3, -0.25) is 14.2 Å². The van der Waals surface area contributed by atoms with Crippen LogP contribution in [0.15, 0.2) is 28.2 Å². The van der Waals surface area contributed by atoms with Crippen LogP contribution in [0.1, 0.15) is 37.6 Å². The number of aromatic nitrogens is 2. The first kappa shape index (κ1) is 23.6. The van der Waals surface area contributed by atoms with Crippen LogP contribution in [0.25, 0.3) is 10.2 Å². The smallest absolute Gasteiger partial charge is 0.263 e. The largest absolute Gasteiger partial charge is 0.493 e. The minimum atomic E-state index is -0.449. The van der Waals surface area contributed by atoms with Gasteiger partial charge < -0.3 is 14.8 Å². The monoisotopic (exact) mass is 487 g/mol. The molecule has 2 aromatic heterocycles. The van der Waals surface area contributed by atoms with E-state index in [1.165, 1.54) is 22.2 Å². The van der Waals surface area contributed by atoms with E-state index in [0.29, 0.717) is 34.8 Å². The van der Waals surface area contributed by atoms with Crippen molar-refractivity contribution < 1.29 is 14.3 Å². The topological polar surface area (TPSA) is 82.5 Å². The molecular formula is C24H29N3O4S2. The van der Waals surface area contributed by atoms with Gasteiger partial charge in [-0.15, -0.1) is 11.3 Å². The minimum absolute atomic E-state index is 0.00421. The Morgan fingerprint density at radius 2 is 2.09 bits per heavy atom. The molecule has 0 saturated carbocycles. The Morgan fingerprint density at radius 3 is 2.79 bits per heavy atom. The summed E-state index contributed by atoms with van der Waals surface area (Å²) in [5.74, 6) is 1.59. The van der Waals surface area contributed by atoms with E-state index < -0.39 is 5.25 Å². The van der Waals surface area contributed by atoms with Crippen molar-refractivity contribution in [1.82, 2.24) is 9.55 Å². The molecule has 0 saturated heterocycles. The quantitative estimate of drug-likeness (QED) is 0.383. The van der Waals surface area contributed by atoms with Crippen LogP contribution < -0.4 is 20.3 Å². The lowest BCUT2D eigenvalue weighted by atomic mass is 9.89. The van der Waals surface area contributed by atoms with Gasteiger partial charge in [0.25, 0.3) is 5.56 Å². The summed E-state index contributed by atoms with van der Waals surface area (Å²) in [4.78, 5) is 33.2. The molecule has 1 amide bonds. The number of nitrogens with zero attached hydrogens (tertiary/aromatic N) is 2. The van der Waals surface area contributed by atoms with Crippen LogP contribution in [0.3, 0.4) is 0 Å². The maximum atomic E-state index is 13.4. The molecule has 3 aromatic rings. The van der Waals surface area contributed by atoms with Crippen molar-refractivity contribution in [2.45, 2.75) is 57.0 Å². The molecule has 0 aliphatic heterocycles. The average Bonchev–Trinajstić information content (AvgIpc) is 3.16. The molecule has 1 N–H and O–H groups in total. The summed E-state index contributed by atoms with van der Waals surface area (Å²) in [6.07, 6.45) is 3.05. The maximum absolute atomic E-state index is 13.4. The van der Waals surface area contributed by atoms with Gasteiger partial charge in [-0.1, -0.05) is 18.7 Å². The zero-order chi connectivity index (χ0) is 23.7. The fourth-order valence-electron chi connectivity index (χ4n) is 4.14. The van der Waals surface area contributed by atoms with Crippen LogP contribution in [0.5, 0.6) is 11.5 Å². The number of ether oxygens (including phenoxy) is 2. The van der Waals surface area contributed by atoms with E-state index in [9.17, 15) is 9.59 Å². The highest BCUT2D eigenvalue weighted by atomic mass is 32.2. The zero-order valence-electron chi connectivity index (χ0n) is 19.6. The molecule has 33 heavy (non-hydrogen) atoms. The van der Waals surface area contributed by atoms with Gasteiger partial charge in [-0.05, 0) is 56.7 Å². The average molecular weight is 488 g/mol. The lowest BCUT2D eigenvalue weighted by Gasteiger charge is -2.18. The predicted molar refractivity (Wildman–Crippen MR) is 134 cm³/mol. The number of hydrogen-bond acceptors (Lipinski definition) is 7. The van der Waals surface area contributed by atoms with E-state index in [0.717, 1.165) is 29.5 Å². The van der Waals surface area contributed by atoms with Gasteiger partial charge >= 0.3 is 0 Å². The Balaban J connectivity index is 1.59. The second-order valence-electron chi connectivity index (χ2n) is 8.29. The summed E-state index contributed by atoms with van der Waals surface area (Å²) in [6, 6.07) is 5.23. The summed E-state index contributed by atoms with van der Waals surface area (Å²) in [5, 5.41) is 3.82. The molecule has 2 heterocycles. The summed E-state index contributed by atoms with van der Waals surface area (Å²) in [7, 11) is 3.12. The van der Waals surface area contributed by atoms with Gasteiger partial charge in [0.2, 0.25) is 5.91 Å². The van der Waals surface area contributed by atoms with Crippen LogP contribution in [0.4, 0.5) is 5.69 Å². The van der Waals surface area contributed by atoms with Crippen molar-refractivity contribution in [2.75, 3.05) is 19.5 Å². The number of carbonyl (C=O) groups is 1. The van der Waals surface area contributed by atoms with E-state index in [1.54, 1.807) is 48.3 Å². The number of thiophene rings is 1. The molecule has 7 nitrogen and oxygen atoms in total. The minimum Gasteiger partial charge on any atom is -0.493 e. The highest BCUT2D eigenvalue weighted by Gasteiger charge is 2.26. The highest BCUT2D eigenvalue weighted by Crippen LogP contribution is 2.37. The number of anilines is 1. The lowest BCUT2D eigenvalue weighted by molar-refractivity contribution is -0.115. The number of carbonyl (C=O) groups excluding carboxylic acids is 1. The zero-order valence-corrected chi connectivity index (χ0v) is 21.2. The number of aryl methyl sites for hydroxylation is 1. The Kier molecular flexibility index (Phi) is 6.99. The van der Waals surface area contributed by atoms with E-state index >= 15 is 0 Å². The Bertz CT molecular complexity index is 1250. The first-order chi connectivity index (χ1) is 15.9. The van der Waals surface area contributed by atoms with E-state index in [2.05, 4.69) is 12.2 Å². The summed E-state index contributed by atoms with van der Waals surface area (Å²) in [5.41, 5.74) is 1.80. The third kappa shape index (κ3) is 4.61. The number of methoxy groups -OCH3 is 2. The van der Waals surface area contributed by atoms with Crippen LogP contribution >= 0.6 is 23.1 Å². The number of nitrogens with one attached hydrogen (secondary N) is 1. The van der Waals surface area contributed by atoms with E-state index in [-0.39, 0.29) is 11.5 Å². The van der Waals surface area contributed by atoms with Gasteiger partial charge in [-0.2, -0.15) is 0 Å². The summed E-state index contributed by atoms with van der Waals surface area (Å²) >= 11 is 2.94. The van der Waals surface area contributed by atoms with E-state index in [1.807, 2.05) is 13.8 Å². The summed E-state index contributed by atoms with van der Waals surface area (Å²) < 4.78 is 12.3. The fraction of sp³-hybridized carbons (Fsp3) is 0.458. The first-order valence-corrected chi connectivity index (χ1v) is 12.8. The number of hydrogen-bond donors (Lipinski definition) is 1. The first-order valence-electron chi connectivity index (χ1n) is 11.1. The van der Waals surface area contributed by atoms with Crippen LogP contribution in [-0.4, -0.2) is 34.9 Å². The van der Waals surface area contributed by atoms with Crippen molar-refractivity contribution in [3.05, 3.63) is 39.0 Å². The molecule has 2 unspecified atom stereocenters. The molecule has 4 rings (SSSR count). The second kappa shape index (κ2) is 9.77. The van der Waals surface area contributed by atoms with Gasteiger partial charge in [0, 0.05) is 23.2 Å². The standard InChI is InChI=1S/C24H29N3O4S2/c1-6-27-23(29)20-16-9-7-13(2)11-19(16)33-22(20)26-24(27)32-14(3)21(28)25-15-8-10-17(30-4)18(12-15)31-5/h8,10,12-14H,6-7,9,11H2,1-5H3,(H,25,28). The molecule has 0 spiro atoms. The fourth-order valence-corrected chi connectivity index (χ4v) is 6.54. The third-order valence-corrected chi connectivity index (χ3v) is 8.24. The van der Waals surface area contributed by atoms with Crippen LogP contribution in [0, 0.1) is 5.92 Å². The molecule has 2 atom stereocenters. The van der Waals surface area contributed by atoms with E-state index in [4.69, 9.17) is 14.5 Å². The van der Waals surface area contributed by atoms with Gasteiger partial charge in [0.05, 0.1) is 24.9 Å². The second-order valence-corrected chi connectivity index (χ2v) is 10.7. The Labute approximate surface area is 201 Å². The molecule has 9 heteroatoms. The number of fused-ring (bicyclic) bond motifs is 3. The van der Waals surface area contributed by atoms with Crippen LogP contribution in [0.2, 0.25) is 0 Å². The number of thioether (sulfide) groups is 1. The van der Waals surface area contributed by atoms with Crippen molar-refractivity contribution in [3.8, 4) is 11.5 Å². The highest BCUT2D eigenvalue weighted by molar-refractivity contribution is 8.00.